The number of aliphatic carboxylic acids is 2. The van der Waals surface area contributed by atoms with Crippen LogP contribution in [0.1, 0.15) is 66.2 Å². The van der Waals surface area contributed by atoms with E-state index in [9.17, 15) is 29.1 Å². The average Bonchev–Trinajstić information content (AvgIpc) is 2.74. The molecule has 0 aliphatic carbocycles. The van der Waals surface area contributed by atoms with Gasteiger partial charge in [-0.2, -0.15) is 0 Å². The lowest BCUT2D eigenvalue weighted by Crippen LogP contribution is -2.58. The number of carboxylic acids is 2. The van der Waals surface area contributed by atoms with E-state index in [4.69, 9.17) is 16.6 Å². The van der Waals surface area contributed by atoms with Gasteiger partial charge in [0.2, 0.25) is 17.7 Å². The van der Waals surface area contributed by atoms with Gasteiger partial charge in [-0.1, -0.05) is 34.1 Å². The van der Waals surface area contributed by atoms with E-state index in [1.54, 1.807) is 6.92 Å². The minimum absolute atomic E-state index is 0.0201. The Morgan fingerprint density at radius 2 is 1.44 bits per heavy atom. The summed E-state index contributed by atoms with van der Waals surface area (Å²) < 4.78 is 0. The molecule has 12 nitrogen and oxygen atoms in total. The van der Waals surface area contributed by atoms with Crippen molar-refractivity contribution in [3.8, 4) is 0 Å². The summed E-state index contributed by atoms with van der Waals surface area (Å²) in [5, 5.41) is 25.9. The van der Waals surface area contributed by atoms with Crippen LogP contribution in [0.4, 0.5) is 0 Å². The van der Waals surface area contributed by atoms with E-state index in [0.29, 0.717) is 25.8 Å². The van der Waals surface area contributed by atoms with Gasteiger partial charge in [0.1, 0.15) is 18.1 Å². The molecule has 0 aromatic rings. The van der Waals surface area contributed by atoms with E-state index in [1.165, 1.54) is 0 Å². The summed E-state index contributed by atoms with van der Waals surface area (Å²) in [6, 6.07) is -4.55. The van der Waals surface area contributed by atoms with Crippen molar-refractivity contribution in [3.05, 3.63) is 0 Å². The van der Waals surface area contributed by atoms with Crippen LogP contribution in [0.15, 0.2) is 0 Å². The van der Waals surface area contributed by atoms with Gasteiger partial charge < -0.3 is 37.6 Å². The molecule has 0 heterocycles. The smallest absolute Gasteiger partial charge is 0.326 e. The maximum atomic E-state index is 13.1. The summed E-state index contributed by atoms with van der Waals surface area (Å²) in [6.45, 7) is 7.58. The van der Waals surface area contributed by atoms with Gasteiger partial charge in [-0.25, -0.2) is 4.79 Å². The largest absolute Gasteiger partial charge is 0.481 e. The fourth-order valence-corrected chi connectivity index (χ4v) is 3.23. The second-order valence-electron chi connectivity index (χ2n) is 8.95. The second kappa shape index (κ2) is 16.0. The predicted octanol–water partition coefficient (Wildman–Crippen LogP) is -0.451. The molecular weight excluding hydrogens is 446 g/mol. The highest BCUT2D eigenvalue weighted by atomic mass is 16.4. The SMILES string of the molecule is CCC(C)C(NC(=O)C(N)CC(=O)O)C(=O)NC(CCCCN)C(=O)NC(CC(C)C)C(=O)O. The number of carboxylic acid groups (broad SMARTS) is 2. The number of hydrogen-bond donors (Lipinski definition) is 7. The number of nitrogens with one attached hydrogen (secondary N) is 3. The summed E-state index contributed by atoms with van der Waals surface area (Å²) in [6.07, 6.45) is 1.47. The molecule has 5 unspecified atom stereocenters. The van der Waals surface area contributed by atoms with Gasteiger partial charge in [0.05, 0.1) is 12.5 Å². The Kier molecular flexibility index (Phi) is 14.7. The van der Waals surface area contributed by atoms with Crippen molar-refractivity contribution in [3.63, 3.8) is 0 Å². The summed E-state index contributed by atoms with van der Waals surface area (Å²) in [5.41, 5.74) is 11.1. The van der Waals surface area contributed by atoms with Crippen LogP contribution in [0, 0.1) is 11.8 Å². The fourth-order valence-electron chi connectivity index (χ4n) is 3.23. The van der Waals surface area contributed by atoms with E-state index in [1.807, 2.05) is 20.8 Å². The molecule has 5 atom stereocenters. The Labute approximate surface area is 200 Å². The van der Waals surface area contributed by atoms with E-state index in [0.717, 1.165) is 0 Å². The van der Waals surface area contributed by atoms with E-state index in [2.05, 4.69) is 16.0 Å². The van der Waals surface area contributed by atoms with Crippen molar-refractivity contribution in [2.45, 2.75) is 90.4 Å². The Morgan fingerprint density at radius 3 is 1.91 bits per heavy atom. The average molecular weight is 488 g/mol. The van der Waals surface area contributed by atoms with Crippen molar-refractivity contribution in [2.24, 2.45) is 23.3 Å². The lowest BCUT2D eigenvalue weighted by atomic mass is 9.96. The first-order valence-electron chi connectivity index (χ1n) is 11.6. The van der Waals surface area contributed by atoms with Crippen LogP contribution < -0.4 is 27.4 Å². The standard InChI is InChI=1S/C22H41N5O7/c1-5-13(4)18(27-19(30)14(24)11-17(28)29)21(32)25-15(8-6-7-9-23)20(31)26-16(22(33)34)10-12(2)3/h12-16,18H,5-11,23-24H2,1-4H3,(H,25,32)(H,26,31)(H,27,30)(H,28,29)(H,33,34). The van der Waals surface area contributed by atoms with Crippen LogP contribution in [0.5, 0.6) is 0 Å². The molecule has 0 aromatic heterocycles. The first-order chi connectivity index (χ1) is 15.8. The van der Waals surface area contributed by atoms with E-state index < -0.39 is 60.2 Å². The summed E-state index contributed by atoms with van der Waals surface area (Å²) in [7, 11) is 0. The van der Waals surface area contributed by atoms with Crippen LogP contribution in [-0.2, 0) is 24.0 Å². The molecule has 0 saturated carbocycles. The lowest BCUT2D eigenvalue weighted by Gasteiger charge is -2.28. The monoisotopic (exact) mass is 487 g/mol. The highest BCUT2D eigenvalue weighted by molar-refractivity contribution is 5.94. The summed E-state index contributed by atoms with van der Waals surface area (Å²) >= 11 is 0. The molecule has 0 spiro atoms. The molecule has 34 heavy (non-hydrogen) atoms. The molecule has 0 rings (SSSR count). The van der Waals surface area contributed by atoms with Crippen LogP contribution in [0.3, 0.4) is 0 Å². The minimum Gasteiger partial charge on any atom is -0.481 e. The van der Waals surface area contributed by atoms with Gasteiger partial charge in [-0.15, -0.1) is 0 Å². The van der Waals surface area contributed by atoms with Crippen molar-refractivity contribution in [2.75, 3.05) is 6.54 Å². The molecule has 3 amide bonds. The molecular formula is C22H41N5O7. The van der Waals surface area contributed by atoms with Gasteiger partial charge in [0, 0.05) is 0 Å². The highest BCUT2D eigenvalue weighted by Gasteiger charge is 2.32. The number of hydrogen-bond acceptors (Lipinski definition) is 7. The van der Waals surface area contributed by atoms with Crippen molar-refractivity contribution >= 4 is 29.7 Å². The van der Waals surface area contributed by atoms with Gasteiger partial charge in [0.25, 0.3) is 0 Å². The van der Waals surface area contributed by atoms with Crippen LogP contribution >= 0.6 is 0 Å². The van der Waals surface area contributed by atoms with Crippen molar-refractivity contribution in [1.82, 2.24) is 16.0 Å². The van der Waals surface area contributed by atoms with Gasteiger partial charge >= 0.3 is 11.9 Å². The minimum atomic E-state index is -1.34. The van der Waals surface area contributed by atoms with Crippen LogP contribution in [0.2, 0.25) is 0 Å². The first-order valence-corrected chi connectivity index (χ1v) is 11.6. The molecule has 0 fully saturated rings. The quantitative estimate of drug-likeness (QED) is 0.132. The molecule has 9 N–H and O–H groups in total. The molecule has 0 aliphatic rings. The molecule has 196 valence electrons. The van der Waals surface area contributed by atoms with Gasteiger partial charge in [0.15, 0.2) is 0 Å². The molecule has 0 aromatic carbocycles. The Morgan fingerprint density at radius 1 is 0.853 bits per heavy atom. The van der Waals surface area contributed by atoms with Gasteiger partial charge in [-0.05, 0) is 44.1 Å². The molecule has 0 bridgehead atoms. The number of unbranched alkanes of at least 4 members (excludes halogenated alkanes) is 1. The van der Waals surface area contributed by atoms with Crippen LogP contribution in [-0.4, -0.2) is 70.6 Å². The normalized spacial score (nSPS) is 15.5. The summed E-state index contributed by atoms with van der Waals surface area (Å²) in [4.78, 5) is 60.7. The summed E-state index contributed by atoms with van der Waals surface area (Å²) in [5.74, 6) is -4.84. The zero-order valence-corrected chi connectivity index (χ0v) is 20.5. The maximum absolute atomic E-state index is 13.1. The number of nitrogens with two attached hydrogens (primary N) is 2. The molecule has 0 saturated heterocycles. The lowest BCUT2D eigenvalue weighted by molar-refractivity contribution is -0.143. The van der Waals surface area contributed by atoms with Crippen molar-refractivity contribution < 1.29 is 34.2 Å². The third kappa shape index (κ3) is 11.9. The Hall–Kier alpha value is -2.73. The first kappa shape index (κ1) is 31.3. The second-order valence-corrected chi connectivity index (χ2v) is 8.95. The van der Waals surface area contributed by atoms with Crippen molar-refractivity contribution in [1.29, 1.82) is 0 Å². The maximum Gasteiger partial charge on any atom is 0.326 e. The zero-order valence-electron chi connectivity index (χ0n) is 20.5. The number of carbonyl (C=O) groups is 5. The number of rotatable bonds is 17. The third-order valence-corrected chi connectivity index (χ3v) is 5.43. The Balaban J connectivity index is 5.57. The molecule has 0 aliphatic heterocycles. The third-order valence-electron chi connectivity index (χ3n) is 5.43. The zero-order chi connectivity index (χ0) is 26.4. The van der Waals surface area contributed by atoms with Gasteiger partial charge in [-0.3, -0.25) is 19.2 Å². The van der Waals surface area contributed by atoms with E-state index in [-0.39, 0.29) is 24.7 Å². The van der Waals surface area contributed by atoms with E-state index >= 15 is 0 Å². The fraction of sp³-hybridized carbons (Fsp3) is 0.773. The molecule has 0 radical (unpaired) electrons. The molecule has 12 heteroatoms. The topological polar surface area (TPSA) is 214 Å². The number of carbonyl (C=O) groups excluding carboxylic acids is 3. The number of amides is 3. The highest BCUT2D eigenvalue weighted by Crippen LogP contribution is 2.11. The predicted molar refractivity (Wildman–Crippen MR) is 125 cm³/mol. The van der Waals surface area contributed by atoms with Crippen LogP contribution in [0.25, 0.3) is 0 Å². The Bertz CT molecular complexity index is 701.